The van der Waals surface area contributed by atoms with Crippen LogP contribution in [0.3, 0.4) is 0 Å². The highest BCUT2D eigenvalue weighted by Gasteiger charge is 2.15. The summed E-state index contributed by atoms with van der Waals surface area (Å²) in [4.78, 5) is 12.5. The van der Waals surface area contributed by atoms with Crippen LogP contribution in [0.2, 0.25) is 0 Å². The largest absolute Gasteiger partial charge is 0.325 e. The molecule has 0 spiro atoms. The van der Waals surface area contributed by atoms with E-state index in [1.165, 1.54) is 6.07 Å². The van der Waals surface area contributed by atoms with Crippen molar-refractivity contribution in [2.24, 2.45) is 0 Å². The number of anilines is 1. The summed E-state index contributed by atoms with van der Waals surface area (Å²) in [5.74, 6) is -2.12. The molecule has 0 fully saturated rings. The molecular weight excluding hydrogens is 306 g/mol. The van der Waals surface area contributed by atoms with Gasteiger partial charge in [-0.2, -0.15) is 5.26 Å². The molecule has 0 unspecified atom stereocenters. The lowest BCUT2D eigenvalue weighted by Gasteiger charge is -2.12. The molecule has 1 N–H and O–H groups in total. The summed E-state index contributed by atoms with van der Waals surface area (Å²) >= 11 is 1.13. The summed E-state index contributed by atoms with van der Waals surface area (Å²) in [6, 6.07) is 12.0. The molecule has 0 aliphatic rings. The molecule has 0 aliphatic heterocycles. The van der Waals surface area contributed by atoms with Gasteiger partial charge in [0, 0.05) is 10.6 Å². The Hall–Kier alpha value is -2.39. The quantitative estimate of drug-likeness (QED) is 0.868. The number of hydrogen-bond acceptors (Lipinski definition) is 3. The Morgan fingerprint density at radius 1 is 1.18 bits per heavy atom. The van der Waals surface area contributed by atoms with Crippen LogP contribution in [-0.4, -0.2) is 11.2 Å². The van der Waals surface area contributed by atoms with Gasteiger partial charge in [0.05, 0.1) is 16.9 Å². The van der Waals surface area contributed by atoms with Gasteiger partial charge in [0.15, 0.2) is 11.6 Å². The van der Waals surface area contributed by atoms with E-state index < -0.39 is 16.9 Å². The fourth-order valence-corrected chi connectivity index (χ4v) is 2.57. The van der Waals surface area contributed by atoms with E-state index in [1.807, 2.05) is 6.07 Å². The summed E-state index contributed by atoms with van der Waals surface area (Å²) in [5.41, 5.74) is 1.07. The molecule has 0 radical (unpaired) electrons. The maximum Gasteiger partial charge on any atom is 0.237 e. The van der Waals surface area contributed by atoms with Crippen LogP contribution in [0.1, 0.15) is 12.5 Å². The molecule has 0 heterocycles. The zero-order valence-corrected chi connectivity index (χ0v) is 12.5. The Morgan fingerprint density at radius 2 is 1.86 bits per heavy atom. The Morgan fingerprint density at radius 3 is 2.45 bits per heavy atom. The van der Waals surface area contributed by atoms with Gasteiger partial charge < -0.3 is 5.32 Å². The number of benzene rings is 2. The molecule has 0 aliphatic carbocycles. The number of nitriles is 1. The summed E-state index contributed by atoms with van der Waals surface area (Å²) in [6.07, 6.45) is 0. The highest BCUT2D eigenvalue weighted by molar-refractivity contribution is 8.00. The minimum absolute atomic E-state index is 0.264. The summed E-state index contributed by atoms with van der Waals surface area (Å²) in [6.45, 7) is 1.67. The van der Waals surface area contributed by atoms with Crippen LogP contribution < -0.4 is 5.32 Å². The van der Waals surface area contributed by atoms with Crippen LogP contribution in [0.15, 0.2) is 47.4 Å². The first-order valence-electron chi connectivity index (χ1n) is 6.42. The van der Waals surface area contributed by atoms with Gasteiger partial charge in [0.2, 0.25) is 5.91 Å². The lowest BCUT2D eigenvalue weighted by Crippen LogP contribution is -2.22. The summed E-state index contributed by atoms with van der Waals surface area (Å²) in [5, 5.41) is 10.9. The molecule has 0 aromatic heterocycles. The van der Waals surface area contributed by atoms with E-state index in [9.17, 15) is 13.6 Å². The van der Waals surface area contributed by atoms with Crippen molar-refractivity contribution in [3.63, 3.8) is 0 Å². The van der Waals surface area contributed by atoms with Crippen LogP contribution in [-0.2, 0) is 4.79 Å². The molecule has 0 saturated heterocycles. The number of carbonyl (C=O) groups is 1. The second-order valence-electron chi connectivity index (χ2n) is 4.51. The highest BCUT2D eigenvalue weighted by atomic mass is 32.2. The number of amides is 1. The van der Waals surface area contributed by atoms with Gasteiger partial charge >= 0.3 is 0 Å². The maximum atomic E-state index is 13.1. The first-order chi connectivity index (χ1) is 10.5. The summed E-state index contributed by atoms with van der Waals surface area (Å²) in [7, 11) is 0. The van der Waals surface area contributed by atoms with Crippen molar-refractivity contribution in [1.82, 2.24) is 0 Å². The normalized spacial score (nSPS) is 11.5. The molecular formula is C16H12F2N2OS. The van der Waals surface area contributed by atoms with Crippen molar-refractivity contribution in [2.75, 3.05) is 5.32 Å². The Bertz CT molecular complexity index is 726. The molecule has 2 aromatic carbocycles. The van der Waals surface area contributed by atoms with Crippen molar-refractivity contribution in [3.05, 3.63) is 59.7 Å². The third kappa shape index (κ3) is 4.06. The van der Waals surface area contributed by atoms with E-state index in [2.05, 4.69) is 5.32 Å². The number of thioether (sulfide) groups is 1. The first kappa shape index (κ1) is 16.0. The Kier molecular flexibility index (Phi) is 5.12. The van der Waals surface area contributed by atoms with Crippen molar-refractivity contribution in [1.29, 1.82) is 5.26 Å². The second kappa shape index (κ2) is 7.05. The average molecular weight is 318 g/mol. The van der Waals surface area contributed by atoms with Gasteiger partial charge in [0.25, 0.3) is 0 Å². The van der Waals surface area contributed by atoms with E-state index in [1.54, 1.807) is 31.2 Å². The fraction of sp³-hybridized carbons (Fsp3) is 0.125. The third-order valence-corrected chi connectivity index (χ3v) is 3.95. The van der Waals surface area contributed by atoms with Crippen LogP contribution in [0.5, 0.6) is 0 Å². The Balaban J connectivity index is 1.99. The molecule has 112 valence electrons. The topological polar surface area (TPSA) is 52.9 Å². The van der Waals surface area contributed by atoms with Gasteiger partial charge in [-0.3, -0.25) is 4.79 Å². The van der Waals surface area contributed by atoms with Gasteiger partial charge in [-0.15, -0.1) is 11.8 Å². The molecule has 6 heteroatoms. The predicted molar refractivity (Wildman–Crippen MR) is 81.5 cm³/mol. The summed E-state index contributed by atoms with van der Waals surface area (Å²) < 4.78 is 26.0. The molecule has 0 bridgehead atoms. The number of carbonyl (C=O) groups excluding carboxylic acids is 1. The van der Waals surface area contributed by atoms with Crippen LogP contribution in [0, 0.1) is 23.0 Å². The highest BCUT2D eigenvalue weighted by Crippen LogP contribution is 2.25. The third-order valence-electron chi connectivity index (χ3n) is 2.85. The van der Waals surface area contributed by atoms with E-state index in [0.29, 0.717) is 16.1 Å². The van der Waals surface area contributed by atoms with Gasteiger partial charge in [-0.05, 0) is 49.4 Å². The zero-order chi connectivity index (χ0) is 16.1. The second-order valence-corrected chi connectivity index (χ2v) is 5.93. The number of rotatable bonds is 4. The maximum absolute atomic E-state index is 13.1. The van der Waals surface area contributed by atoms with Crippen molar-refractivity contribution in [3.8, 4) is 6.07 Å². The average Bonchev–Trinajstić information content (AvgIpc) is 2.51. The number of nitrogens with zero attached hydrogens (tertiary/aromatic N) is 1. The SMILES string of the molecule is C[C@@H](Sc1ccc(F)c(F)c1)C(=O)Nc1ccc(C#N)cc1. The number of nitrogens with one attached hydrogen (secondary N) is 1. The van der Waals surface area contributed by atoms with E-state index in [0.717, 1.165) is 23.9 Å². The molecule has 0 saturated carbocycles. The van der Waals surface area contributed by atoms with Crippen LogP contribution >= 0.6 is 11.8 Å². The predicted octanol–water partition coefficient (Wildman–Crippen LogP) is 3.96. The fourth-order valence-electron chi connectivity index (χ4n) is 1.68. The van der Waals surface area contributed by atoms with Crippen LogP contribution in [0.25, 0.3) is 0 Å². The molecule has 2 rings (SSSR count). The molecule has 2 aromatic rings. The lowest BCUT2D eigenvalue weighted by molar-refractivity contribution is -0.115. The monoisotopic (exact) mass is 318 g/mol. The lowest BCUT2D eigenvalue weighted by atomic mass is 10.2. The molecule has 22 heavy (non-hydrogen) atoms. The van der Waals surface area contributed by atoms with Crippen molar-refractivity contribution < 1.29 is 13.6 Å². The van der Waals surface area contributed by atoms with Gasteiger partial charge in [0.1, 0.15) is 0 Å². The number of hydrogen-bond donors (Lipinski definition) is 1. The molecule has 1 amide bonds. The minimum Gasteiger partial charge on any atom is -0.325 e. The van der Waals surface area contributed by atoms with Crippen molar-refractivity contribution >= 4 is 23.4 Å². The molecule has 1 atom stereocenters. The van der Waals surface area contributed by atoms with E-state index >= 15 is 0 Å². The van der Waals surface area contributed by atoms with Crippen molar-refractivity contribution in [2.45, 2.75) is 17.1 Å². The van der Waals surface area contributed by atoms with Gasteiger partial charge in [-0.1, -0.05) is 0 Å². The molecule has 3 nitrogen and oxygen atoms in total. The Labute approximate surface area is 131 Å². The number of halogens is 2. The van der Waals surface area contributed by atoms with Gasteiger partial charge in [-0.25, -0.2) is 8.78 Å². The van der Waals surface area contributed by atoms with Crippen LogP contribution in [0.4, 0.5) is 14.5 Å². The first-order valence-corrected chi connectivity index (χ1v) is 7.30. The van der Waals surface area contributed by atoms with E-state index in [-0.39, 0.29) is 5.91 Å². The smallest absolute Gasteiger partial charge is 0.237 e. The van der Waals surface area contributed by atoms with E-state index in [4.69, 9.17) is 5.26 Å². The minimum atomic E-state index is -0.940. The zero-order valence-electron chi connectivity index (χ0n) is 11.6. The standard InChI is InChI=1S/C16H12F2N2OS/c1-10(22-13-6-7-14(17)15(18)8-13)16(21)20-12-4-2-11(9-19)3-5-12/h2-8,10H,1H3,(H,20,21)/t10-/m1/s1.